The summed E-state index contributed by atoms with van der Waals surface area (Å²) in [6, 6.07) is 19.6. The van der Waals surface area contributed by atoms with Gasteiger partial charge in [-0.1, -0.05) is 59.1 Å². The highest BCUT2D eigenvalue weighted by Crippen LogP contribution is 2.31. The molecule has 0 aliphatic heterocycles. The number of anilines is 1. The van der Waals surface area contributed by atoms with E-state index < -0.39 is 0 Å². The number of nitrogens with one attached hydrogen (secondary N) is 1. The molecule has 28 heavy (non-hydrogen) atoms. The van der Waals surface area contributed by atoms with E-state index in [-0.39, 0.29) is 0 Å². The van der Waals surface area contributed by atoms with Crippen molar-refractivity contribution in [3.05, 3.63) is 87.4 Å². The maximum Gasteiger partial charge on any atom is 0.161 e. The van der Waals surface area contributed by atoms with Crippen molar-refractivity contribution in [3.8, 4) is 11.5 Å². The number of aryl methyl sites for hydroxylation is 1. The second kappa shape index (κ2) is 9.72. The molecule has 0 unspecified atom stereocenters. The third-order valence-electron chi connectivity index (χ3n) is 4.20. The molecule has 1 N–H and O–H groups in total. The first-order valence-electron chi connectivity index (χ1n) is 9.18. The fourth-order valence-corrected chi connectivity index (χ4v) is 3.32. The van der Waals surface area contributed by atoms with E-state index in [4.69, 9.17) is 32.7 Å². The van der Waals surface area contributed by atoms with E-state index in [1.54, 1.807) is 6.07 Å². The Morgan fingerprint density at radius 1 is 0.857 bits per heavy atom. The summed E-state index contributed by atoms with van der Waals surface area (Å²) in [6.45, 7) is 5.71. The van der Waals surface area contributed by atoms with E-state index in [9.17, 15) is 0 Å². The van der Waals surface area contributed by atoms with Crippen LogP contribution in [0.2, 0.25) is 10.0 Å². The van der Waals surface area contributed by atoms with E-state index in [0.29, 0.717) is 29.8 Å². The van der Waals surface area contributed by atoms with Crippen LogP contribution in [0.25, 0.3) is 0 Å². The van der Waals surface area contributed by atoms with Crippen molar-refractivity contribution in [2.45, 2.75) is 27.0 Å². The molecular formula is C23H23Cl2NO2. The van der Waals surface area contributed by atoms with E-state index in [1.807, 2.05) is 43.3 Å². The number of benzene rings is 3. The maximum absolute atomic E-state index is 6.22. The normalized spacial score (nSPS) is 10.6. The Bertz CT molecular complexity index is 944. The summed E-state index contributed by atoms with van der Waals surface area (Å²) in [5.41, 5.74) is 4.25. The predicted octanol–water partition coefficient (Wildman–Crippen LogP) is 6.89. The highest BCUT2D eigenvalue weighted by molar-refractivity contribution is 6.36. The van der Waals surface area contributed by atoms with E-state index >= 15 is 0 Å². The van der Waals surface area contributed by atoms with Gasteiger partial charge in [0.15, 0.2) is 11.5 Å². The van der Waals surface area contributed by atoms with Gasteiger partial charge in [-0.3, -0.25) is 0 Å². The van der Waals surface area contributed by atoms with Gasteiger partial charge in [-0.25, -0.2) is 0 Å². The third-order valence-corrected chi connectivity index (χ3v) is 4.75. The first kappa shape index (κ1) is 20.4. The van der Waals surface area contributed by atoms with Crippen LogP contribution in [0.15, 0.2) is 60.7 Å². The molecule has 0 heterocycles. The van der Waals surface area contributed by atoms with Crippen LogP contribution in [0.5, 0.6) is 11.5 Å². The lowest BCUT2D eigenvalue weighted by molar-refractivity contribution is 0.269. The van der Waals surface area contributed by atoms with Gasteiger partial charge in [0.25, 0.3) is 0 Å². The second-order valence-electron chi connectivity index (χ2n) is 6.47. The van der Waals surface area contributed by atoms with Crippen LogP contribution in [0, 0.1) is 6.92 Å². The molecule has 3 rings (SSSR count). The Balaban J connectivity index is 1.69. The molecule has 3 aromatic carbocycles. The molecule has 5 heteroatoms. The summed E-state index contributed by atoms with van der Waals surface area (Å²) in [6.07, 6.45) is 0. The van der Waals surface area contributed by atoms with Crippen LogP contribution in [0.3, 0.4) is 0 Å². The zero-order chi connectivity index (χ0) is 19.9. The van der Waals surface area contributed by atoms with Crippen molar-refractivity contribution >= 4 is 28.9 Å². The van der Waals surface area contributed by atoms with Crippen molar-refractivity contribution < 1.29 is 9.47 Å². The predicted molar refractivity (Wildman–Crippen MR) is 117 cm³/mol. The Morgan fingerprint density at radius 2 is 1.71 bits per heavy atom. The van der Waals surface area contributed by atoms with Gasteiger partial charge in [0.2, 0.25) is 0 Å². The summed E-state index contributed by atoms with van der Waals surface area (Å²) in [5.74, 6) is 1.47. The Morgan fingerprint density at radius 3 is 2.46 bits per heavy atom. The van der Waals surface area contributed by atoms with Crippen molar-refractivity contribution in [1.29, 1.82) is 0 Å². The van der Waals surface area contributed by atoms with Crippen molar-refractivity contribution in [2.75, 3.05) is 11.9 Å². The molecule has 0 spiro atoms. The molecule has 0 amide bonds. The van der Waals surface area contributed by atoms with E-state index in [2.05, 4.69) is 30.4 Å². The quantitative estimate of drug-likeness (QED) is 0.434. The minimum Gasteiger partial charge on any atom is -0.490 e. The first-order chi connectivity index (χ1) is 13.5. The second-order valence-corrected chi connectivity index (χ2v) is 7.31. The largest absolute Gasteiger partial charge is 0.490 e. The molecule has 3 aromatic rings. The van der Waals surface area contributed by atoms with Crippen molar-refractivity contribution in [2.24, 2.45) is 0 Å². The lowest BCUT2D eigenvalue weighted by Gasteiger charge is -2.15. The van der Waals surface area contributed by atoms with Gasteiger partial charge in [0.1, 0.15) is 6.61 Å². The standard InChI is InChI=1S/C23H23Cl2NO2/c1-3-27-23-12-17(14-26-21-9-8-19(24)13-20(21)25)7-10-22(23)28-15-18-6-4-5-16(2)11-18/h4-13,26H,3,14-15H2,1-2H3. The molecule has 0 aromatic heterocycles. The monoisotopic (exact) mass is 415 g/mol. The molecular weight excluding hydrogens is 393 g/mol. The smallest absolute Gasteiger partial charge is 0.161 e. The lowest BCUT2D eigenvalue weighted by Crippen LogP contribution is -2.03. The minimum atomic E-state index is 0.500. The van der Waals surface area contributed by atoms with Gasteiger partial charge < -0.3 is 14.8 Å². The zero-order valence-electron chi connectivity index (χ0n) is 16.0. The van der Waals surface area contributed by atoms with Crippen LogP contribution in [0.4, 0.5) is 5.69 Å². The van der Waals surface area contributed by atoms with Crippen molar-refractivity contribution in [1.82, 2.24) is 0 Å². The van der Waals surface area contributed by atoms with Gasteiger partial charge in [-0.15, -0.1) is 0 Å². The van der Waals surface area contributed by atoms with Crippen molar-refractivity contribution in [3.63, 3.8) is 0 Å². The highest BCUT2D eigenvalue weighted by atomic mass is 35.5. The Kier molecular flexibility index (Phi) is 7.07. The maximum atomic E-state index is 6.22. The fraction of sp³-hybridized carbons (Fsp3) is 0.217. The van der Waals surface area contributed by atoms with Gasteiger partial charge in [-0.2, -0.15) is 0 Å². The molecule has 0 radical (unpaired) electrons. The van der Waals surface area contributed by atoms with Crippen LogP contribution in [-0.4, -0.2) is 6.61 Å². The van der Waals surface area contributed by atoms with E-state index in [0.717, 1.165) is 28.3 Å². The molecule has 0 aliphatic carbocycles. The number of rotatable bonds is 8. The molecule has 0 bridgehead atoms. The molecule has 0 aliphatic rings. The van der Waals surface area contributed by atoms with Crippen LogP contribution < -0.4 is 14.8 Å². The van der Waals surface area contributed by atoms with Crippen LogP contribution >= 0.6 is 23.2 Å². The zero-order valence-corrected chi connectivity index (χ0v) is 17.5. The van der Waals surface area contributed by atoms with E-state index in [1.165, 1.54) is 5.56 Å². The molecule has 0 saturated carbocycles. The summed E-state index contributed by atoms with van der Waals surface area (Å²) in [7, 11) is 0. The molecule has 0 saturated heterocycles. The molecule has 0 atom stereocenters. The topological polar surface area (TPSA) is 30.5 Å². The highest BCUT2D eigenvalue weighted by Gasteiger charge is 2.08. The average molecular weight is 416 g/mol. The van der Waals surface area contributed by atoms with Crippen LogP contribution in [-0.2, 0) is 13.2 Å². The average Bonchev–Trinajstić information content (AvgIpc) is 2.67. The lowest BCUT2D eigenvalue weighted by atomic mass is 10.1. The van der Waals surface area contributed by atoms with Gasteiger partial charge in [0, 0.05) is 11.6 Å². The summed E-state index contributed by atoms with van der Waals surface area (Å²) < 4.78 is 11.8. The summed E-state index contributed by atoms with van der Waals surface area (Å²) in [4.78, 5) is 0. The minimum absolute atomic E-state index is 0.500. The Labute approximate surface area is 176 Å². The number of hydrogen-bond donors (Lipinski definition) is 1. The fourth-order valence-electron chi connectivity index (χ4n) is 2.84. The number of ether oxygens (including phenoxy) is 2. The number of halogens is 2. The van der Waals surface area contributed by atoms with Gasteiger partial charge in [0.05, 0.1) is 17.3 Å². The summed E-state index contributed by atoms with van der Waals surface area (Å²) in [5, 5.41) is 4.53. The Hall–Kier alpha value is -2.36. The molecule has 0 fully saturated rings. The molecule has 3 nitrogen and oxygen atoms in total. The van der Waals surface area contributed by atoms with Gasteiger partial charge in [-0.05, 0) is 55.3 Å². The summed E-state index contributed by atoms with van der Waals surface area (Å²) >= 11 is 12.2. The SMILES string of the molecule is CCOc1cc(CNc2ccc(Cl)cc2Cl)ccc1OCc1cccc(C)c1. The molecule has 146 valence electrons. The number of hydrogen-bond acceptors (Lipinski definition) is 3. The van der Waals surface area contributed by atoms with Crippen LogP contribution in [0.1, 0.15) is 23.6 Å². The van der Waals surface area contributed by atoms with Gasteiger partial charge >= 0.3 is 0 Å². The third kappa shape index (κ3) is 5.57. The first-order valence-corrected chi connectivity index (χ1v) is 9.93.